The zero-order valence-electron chi connectivity index (χ0n) is 16.2. The minimum absolute atomic E-state index is 0.0379. The number of aryl methyl sites for hydroxylation is 1. The number of amides is 1. The fourth-order valence-electron chi connectivity index (χ4n) is 3.84. The van der Waals surface area contributed by atoms with Gasteiger partial charge < -0.3 is 14.3 Å². The molecular formula is C19H22N8O2. The second kappa shape index (κ2) is 7.36. The van der Waals surface area contributed by atoms with Crippen molar-refractivity contribution < 1.29 is 9.32 Å². The molecule has 10 heteroatoms. The van der Waals surface area contributed by atoms with Gasteiger partial charge in [-0.2, -0.15) is 20.4 Å². The first-order chi connectivity index (χ1) is 14.2. The molecule has 0 saturated carbocycles. The molecule has 5 rings (SSSR count). The van der Waals surface area contributed by atoms with E-state index < -0.39 is 0 Å². The number of H-pyrrole nitrogens is 1. The summed E-state index contributed by atoms with van der Waals surface area (Å²) < 4.78 is 5.51. The number of hydrogen-bond donors (Lipinski definition) is 1. The van der Waals surface area contributed by atoms with E-state index in [0.717, 1.165) is 62.4 Å². The topological polar surface area (TPSA) is 117 Å². The highest BCUT2D eigenvalue weighted by Crippen LogP contribution is 2.30. The second-order valence-electron chi connectivity index (χ2n) is 7.64. The van der Waals surface area contributed by atoms with Gasteiger partial charge in [-0.25, -0.2) is 0 Å². The minimum atomic E-state index is -0.0379. The minimum Gasteiger partial charge on any atom is -0.339 e. The summed E-state index contributed by atoms with van der Waals surface area (Å²) in [5, 5.41) is 15.1. The summed E-state index contributed by atoms with van der Waals surface area (Å²) in [6, 6.07) is 3.55. The number of likely N-dealkylation sites (N-methyl/N-ethyl adjacent to an activating group) is 1. The van der Waals surface area contributed by atoms with Crippen LogP contribution in [0.5, 0.6) is 0 Å². The van der Waals surface area contributed by atoms with E-state index in [2.05, 4.69) is 42.5 Å². The maximum atomic E-state index is 12.6. The van der Waals surface area contributed by atoms with Crippen LogP contribution in [-0.2, 0) is 12.8 Å². The van der Waals surface area contributed by atoms with Crippen LogP contribution in [0.2, 0.25) is 0 Å². The molecule has 1 N–H and O–H groups in total. The molecule has 0 aromatic carbocycles. The highest BCUT2D eigenvalue weighted by molar-refractivity contribution is 5.92. The van der Waals surface area contributed by atoms with Crippen molar-refractivity contribution in [3.05, 3.63) is 41.3 Å². The molecule has 3 aromatic rings. The van der Waals surface area contributed by atoms with E-state index in [9.17, 15) is 4.79 Å². The summed E-state index contributed by atoms with van der Waals surface area (Å²) in [6.45, 7) is 3.21. The number of nitrogens with one attached hydrogen (secondary N) is 1. The molecule has 2 aliphatic rings. The van der Waals surface area contributed by atoms with Crippen molar-refractivity contribution in [1.82, 2.24) is 40.3 Å². The molecule has 3 aromatic heterocycles. The predicted molar refractivity (Wildman–Crippen MR) is 102 cm³/mol. The van der Waals surface area contributed by atoms with Crippen LogP contribution in [0, 0.1) is 0 Å². The van der Waals surface area contributed by atoms with Crippen molar-refractivity contribution >= 4 is 5.91 Å². The van der Waals surface area contributed by atoms with Crippen molar-refractivity contribution in [3.8, 4) is 11.4 Å². The van der Waals surface area contributed by atoms with Crippen LogP contribution in [0.15, 0.2) is 22.9 Å². The molecule has 0 spiro atoms. The molecule has 150 valence electrons. The number of carbonyl (C=O) groups excluding carboxylic acids is 1. The van der Waals surface area contributed by atoms with Gasteiger partial charge in [-0.1, -0.05) is 5.16 Å². The Labute approximate surface area is 167 Å². The molecule has 1 unspecified atom stereocenters. The van der Waals surface area contributed by atoms with Crippen molar-refractivity contribution in [2.24, 2.45) is 0 Å². The number of nitrogens with zero attached hydrogens (tertiary/aromatic N) is 7. The van der Waals surface area contributed by atoms with Crippen LogP contribution in [0.4, 0.5) is 0 Å². The van der Waals surface area contributed by atoms with Gasteiger partial charge in [0.05, 0.1) is 11.4 Å². The van der Waals surface area contributed by atoms with E-state index in [0.29, 0.717) is 17.4 Å². The first kappa shape index (κ1) is 17.9. The molecular weight excluding hydrogens is 372 g/mol. The van der Waals surface area contributed by atoms with Gasteiger partial charge in [-0.05, 0) is 32.0 Å². The van der Waals surface area contributed by atoms with Gasteiger partial charge in [0.1, 0.15) is 5.69 Å². The number of fused-ring (bicyclic) bond motifs is 1. The molecule has 4 heterocycles. The van der Waals surface area contributed by atoms with Crippen LogP contribution in [0.1, 0.15) is 40.1 Å². The average Bonchev–Trinajstić information content (AvgIpc) is 3.43. The van der Waals surface area contributed by atoms with E-state index in [-0.39, 0.29) is 11.8 Å². The zero-order valence-corrected chi connectivity index (χ0v) is 16.2. The molecule has 1 amide bonds. The average molecular weight is 394 g/mol. The standard InChI is InChI=1S/C19H22N8O2/c1-26-6-8-27(9-7-26)19(28)15-5-3-13(11-20-15)17-21-18(29-24-17)12-2-4-14-16(10-12)23-25-22-14/h3,5,11-12H,2,4,6-10H2,1H3,(H,22,23,25). The van der Waals surface area contributed by atoms with Gasteiger partial charge in [-0.3, -0.25) is 9.78 Å². The van der Waals surface area contributed by atoms with Gasteiger partial charge in [0.25, 0.3) is 5.91 Å². The Morgan fingerprint density at radius 2 is 2.00 bits per heavy atom. The Morgan fingerprint density at radius 1 is 1.17 bits per heavy atom. The number of aromatic amines is 1. The highest BCUT2D eigenvalue weighted by Gasteiger charge is 2.28. The van der Waals surface area contributed by atoms with Crippen LogP contribution in [-0.4, -0.2) is 79.5 Å². The fraction of sp³-hybridized carbons (Fsp3) is 0.474. The summed E-state index contributed by atoms with van der Waals surface area (Å²) in [6.07, 6.45) is 4.12. The molecule has 10 nitrogen and oxygen atoms in total. The third kappa shape index (κ3) is 3.51. The summed E-state index contributed by atoms with van der Waals surface area (Å²) in [7, 11) is 2.06. The van der Waals surface area contributed by atoms with Crippen molar-refractivity contribution in [1.29, 1.82) is 0 Å². The summed E-state index contributed by atoms with van der Waals surface area (Å²) in [5.41, 5.74) is 3.15. The van der Waals surface area contributed by atoms with Crippen LogP contribution in [0.25, 0.3) is 11.4 Å². The lowest BCUT2D eigenvalue weighted by atomic mass is 9.90. The fourth-order valence-corrected chi connectivity index (χ4v) is 3.84. The van der Waals surface area contributed by atoms with Crippen LogP contribution < -0.4 is 0 Å². The highest BCUT2D eigenvalue weighted by atomic mass is 16.5. The number of aromatic nitrogens is 6. The van der Waals surface area contributed by atoms with Crippen LogP contribution >= 0.6 is 0 Å². The van der Waals surface area contributed by atoms with Gasteiger partial charge in [0, 0.05) is 50.3 Å². The summed E-state index contributed by atoms with van der Waals surface area (Å²) in [4.78, 5) is 25.6. The van der Waals surface area contributed by atoms with Gasteiger partial charge in [-0.15, -0.1) is 0 Å². The molecule has 0 radical (unpaired) electrons. The Balaban J connectivity index is 1.28. The Bertz CT molecular complexity index is 1000. The first-order valence-electron chi connectivity index (χ1n) is 9.84. The number of carbonyl (C=O) groups is 1. The smallest absolute Gasteiger partial charge is 0.272 e. The molecule has 29 heavy (non-hydrogen) atoms. The van der Waals surface area contributed by atoms with Gasteiger partial charge in [0.15, 0.2) is 0 Å². The molecule has 1 saturated heterocycles. The third-order valence-corrected chi connectivity index (χ3v) is 5.69. The maximum absolute atomic E-state index is 12.6. The second-order valence-corrected chi connectivity index (χ2v) is 7.64. The Hall–Kier alpha value is -3.14. The lowest BCUT2D eigenvalue weighted by Crippen LogP contribution is -2.47. The van der Waals surface area contributed by atoms with Crippen molar-refractivity contribution in [2.75, 3.05) is 33.2 Å². The van der Waals surface area contributed by atoms with E-state index in [1.54, 1.807) is 12.3 Å². The Kier molecular flexibility index (Phi) is 4.55. The van der Waals surface area contributed by atoms with Crippen LogP contribution in [0.3, 0.4) is 0 Å². The lowest BCUT2D eigenvalue weighted by Gasteiger charge is -2.32. The van der Waals surface area contributed by atoms with Gasteiger partial charge >= 0.3 is 0 Å². The van der Waals surface area contributed by atoms with E-state index in [1.807, 2.05) is 11.0 Å². The first-order valence-corrected chi connectivity index (χ1v) is 9.84. The summed E-state index contributed by atoms with van der Waals surface area (Å²) in [5.74, 6) is 1.19. The molecule has 1 aliphatic heterocycles. The lowest BCUT2D eigenvalue weighted by molar-refractivity contribution is 0.0658. The zero-order chi connectivity index (χ0) is 19.8. The normalized spacial score (nSPS) is 19.9. The molecule has 1 aliphatic carbocycles. The van der Waals surface area contributed by atoms with E-state index in [1.165, 1.54) is 0 Å². The number of rotatable bonds is 3. The van der Waals surface area contributed by atoms with Crippen molar-refractivity contribution in [2.45, 2.75) is 25.2 Å². The van der Waals surface area contributed by atoms with Gasteiger partial charge in [0.2, 0.25) is 11.7 Å². The van der Waals surface area contributed by atoms with E-state index >= 15 is 0 Å². The Morgan fingerprint density at radius 3 is 2.79 bits per heavy atom. The molecule has 1 atom stereocenters. The maximum Gasteiger partial charge on any atom is 0.272 e. The SMILES string of the molecule is CN1CCN(C(=O)c2ccc(-c3noc(C4CCc5n[nH]nc5C4)n3)cn2)CC1. The predicted octanol–water partition coefficient (Wildman–Crippen LogP) is 0.910. The molecule has 0 bridgehead atoms. The number of piperazine rings is 1. The number of hydrogen-bond acceptors (Lipinski definition) is 8. The largest absolute Gasteiger partial charge is 0.339 e. The molecule has 1 fully saturated rings. The van der Waals surface area contributed by atoms with Crippen molar-refractivity contribution in [3.63, 3.8) is 0 Å². The third-order valence-electron chi connectivity index (χ3n) is 5.69. The number of pyridine rings is 1. The van der Waals surface area contributed by atoms with E-state index in [4.69, 9.17) is 4.52 Å². The quantitative estimate of drug-likeness (QED) is 0.697. The summed E-state index contributed by atoms with van der Waals surface area (Å²) >= 11 is 0. The monoisotopic (exact) mass is 394 g/mol.